The van der Waals surface area contributed by atoms with Crippen LogP contribution in [0.2, 0.25) is 0 Å². The SMILES string of the molecule is COC(=O)CC1(CSCc2cc(C)no2)CC1. The van der Waals surface area contributed by atoms with Gasteiger partial charge in [0, 0.05) is 6.07 Å². The van der Waals surface area contributed by atoms with Crippen LogP contribution in [-0.2, 0) is 15.3 Å². The number of thioether (sulfide) groups is 1. The first-order valence-electron chi connectivity index (χ1n) is 5.70. The second-order valence-corrected chi connectivity index (χ2v) is 5.67. The van der Waals surface area contributed by atoms with Crippen LogP contribution >= 0.6 is 11.8 Å². The third kappa shape index (κ3) is 3.49. The molecule has 0 atom stereocenters. The summed E-state index contributed by atoms with van der Waals surface area (Å²) < 4.78 is 9.86. The lowest BCUT2D eigenvalue weighted by molar-refractivity contribution is -0.141. The summed E-state index contributed by atoms with van der Waals surface area (Å²) in [5, 5.41) is 3.85. The second kappa shape index (κ2) is 5.12. The van der Waals surface area contributed by atoms with Crippen LogP contribution in [0.1, 0.15) is 30.7 Å². The largest absolute Gasteiger partial charge is 0.469 e. The standard InChI is InChI=1S/C12H17NO3S/c1-9-5-10(16-13-9)7-17-8-12(3-4-12)6-11(14)15-2/h5H,3-4,6-8H2,1-2H3. The molecule has 94 valence electrons. The van der Waals surface area contributed by atoms with E-state index in [0.29, 0.717) is 6.42 Å². The van der Waals surface area contributed by atoms with Gasteiger partial charge >= 0.3 is 5.97 Å². The smallest absolute Gasteiger partial charge is 0.306 e. The number of methoxy groups -OCH3 is 1. The highest BCUT2D eigenvalue weighted by Crippen LogP contribution is 2.51. The van der Waals surface area contributed by atoms with Crippen LogP contribution in [0.5, 0.6) is 0 Å². The number of hydrogen-bond acceptors (Lipinski definition) is 5. The van der Waals surface area contributed by atoms with Gasteiger partial charge in [-0.25, -0.2) is 0 Å². The Kier molecular flexibility index (Phi) is 3.76. The first kappa shape index (κ1) is 12.5. The normalized spacial score (nSPS) is 16.8. The number of rotatable bonds is 6. The summed E-state index contributed by atoms with van der Waals surface area (Å²) in [6.45, 7) is 1.91. The highest BCUT2D eigenvalue weighted by atomic mass is 32.2. The molecule has 17 heavy (non-hydrogen) atoms. The first-order chi connectivity index (χ1) is 8.13. The zero-order chi connectivity index (χ0) is 12.3. The van der Waals surface area contributed by atoms with E-state index >= 15 is 0 Å². The van der Waals surface area contributed by atoms with Gasteiger partial charge in [0.25, 0.3) is 0 Å². The highest BCUT2D eigenvalue weighted by Gasteiger charge is 2.44. The molecule has 0 aromatic carbocycles. The summed E-state index contributed by atoms with van der Waals surface area (Å²) in [5.74, 6) is 2.62. The highest BCUT2D eigenvalue weighted by molar-refractivity contribution is 7.98. The van der Waals surface area contributed by atoms with Crippen molar-refractivity contribution >= 4 is 17.7 Å². The van der Waals surface area contributed by atoms with Crippen molar-refractivity contribution in [3.63, 3.8) is 0 Å². The number of aromatic nitrogens is 1. The molecule has 0 spiro atoms. The van der Waals surface area contributed by atoms with E-state index in [2.05, 4.69) is 5.16 Å². The van der Waals surface area contributed by atoms with E-state index in [4.69, 9.17) is 9.26 Å². The fraction of sp³-hybridized carbons (Fsp3) is 0.667. The molecule has 0 amide bonds. The van der Waals surface area contributed by atoms with Crippen molar-refractivity contribution in [1.29, 1.82) is 0 Å². The molecular weight excluding hydrogens is 238 g/mol. The number of aryl methyl sites for hydroxylation is 1. The van der Waals surface area contributed by atoms with Gasteiger partial charge in [0.2, 0.25) is 0 Å². The van der Waals surface area contributed by atoms with Gasteiger partial charge < -0.3 is 9.26 Å². The quantitative estimate of drug-likeness (QED) is 0.731. The van der Waals surface area contributed by atoms with Crippen molar-refractivity contribution in [2.24, 2.45) is 5.41 Å². The molecule has 1 heterocycles. The molecule has 0 bridgehead atoms. The second-order valence-electron chi connectivity index (χ2n) is 4.68. The van der Waals surface area contributed by atoms with Crippen molar-refractivity contribution in [2.45, 2.75) is 31.9 Å². The molecule has 0 unspecified atom stereocenters. The topological polar surface area (TPSA) is 52.3 Å². The molecule has 0 saturated heterocycles. The van der Waals surface area contributed by atoms with Gasteiger partial charge in [0.1, 0.15) is 5.76 Å². The molecule has 5 heteroatoms. The van der Waals surface area contributed by atoms with Crippen LogP contribution < -0.4 is 0 Å². The van der Waals surface area contributed by atoms with Crippen LogP contribution in [0, 0.1) is 12.3 Å². The summed E-state index contributed by atoms with van der Waals surface area (Å²) in [5.41, 5.74) is 1.10. The Morgan fingerprint density at radius 1 is 1.65 bits per heavy atom. The number of esters is 1. The third-order valence-electron chi connectivity index (χ3n) is 3.03. The summed E-state index contributed by atoms with van der Waals surface area (Å²) in [4.78, 5) is 11.2. The zero-order valence-electron chi connectivity index (χ0n) is 10.2. The number of nitrogens with zero attached hydrogens (tertiary/aromatic N) is 1. The Labute approximate surface area is 105 Å². The molecular formula is C12H17NO3S. The summed E-state index contributed by atoms with van der Waals surface area (Å²) in [6.07, 6.45) is 2.81. The van der Waals surface area contributed by atoms with Crippen molar-refractivity contribution in [1.82, 2.24) is 5.16 Å². The van der Waals surface area contributed by atoms with E-state index < -0.39 is 0 Å². The lowest BCUT2D eigenvalue weighted by atomic mass is 10.1. The summed E-state index contributed by atoms with van der Waals surface area (Å²) in [7, 11) is 1.45. The molecule has 2 rings (SSSR count). The first-order valence-corrected chi connectivity index (χ1v) is 6.86. The maximum absolute atomic E-state index is 11.2. The van der Waals surface area contributed by atoms with Gasteiger partial charge in [-0.05, 0) is 30.9 Å². The van der Waals surface area contributed by atoms with E-state index in [-0.39, 0.29) is 11.4 Å². The molecule has 1 aromatic heterocycles. The van der Waals surface area contributed by atoms with Gasteiger partial charge in [0.05, 0.1) is 25.0 Å². The molecule has 0 aliphatic heterocycles. The van der Waals surface area contributed by atoms with Gasteiger partial charge in [0.15, 0.2) is 0 Å². The van der Waals surface area contributed by atoms with Crippen molar-refractivity contribution in [3.8, 4) is 0 Å². The maximum atomic E-state index is 11.2. The Balaban J connectivity index is 1.73. The molecule has 1 fully saturated rings. The van der Waals surface area contributed by atoms with E-state index in [1.54, 1.807) is 11.8 Å². The lowest BCUT2D eigenvalue weighted by Crippen LogP contribution is -2.13. The minimum absolute atomic E-state index is 0.0985. The monoisotopic (exact) mass is 255 g/mol. The Morgan fingerprint density at radius 2 is 2.41 bits per heavy atom. The molecule has 1 saturated carbocycles. The van der Waals surface area contributed by atoms with Crippen molar-refractivity contribution < 1.29 is 14.1 Å². The predicted octanol–water partition coefficient (Wildman–Crippen LogP) is 2.56. The average Bonchev–Trinajstić information content (AvgIpc) is 2.93. The Morgan fingerprint density at radius 3 is 2.94 bits per heavy atom. The fourth-order valence-electron chi connectivity index (χ4n) is 1.78. The molecule has 0 N–H and O–H groups in total. The summed E-state index contributed by atoms with van der Waals surface area (Å²) >= 11 is 1.80. The van der Waals surface area contributed by atoms with Gasteiger partial charge in [-0.3, -0.25) is 4.79 Å². The van der Waals surface area contributed by atoms with Crippen LogP contribution in [0.3, 0.4) is 0 Å². The Hall–Kier alpha value is -0.970. The van der Waals surface area contributed by atoms with Crippen molar-refractivity contribution in [2.75, 3.05) is 12.9 Å². The fourth-order valence-corrected chi connectivity index (χ4v) is 3.04. The van der Waals surface area contributed by atoms with Crippen LogP contribution in [0.15, 0.2) is 10.6 Å². The van der Waals surface area contributed by atoms with Gasteiger partial charge in [-0.2, -0.15) is 11.8 Å². The van der Waals surface area contributed by atoms with Crippen molar-refractivity contribution in [3.05, 3.63) is 17.5 Å². The van der Waals surface area contributed by atoms with E-state index in [1.165, 1.54) is 7.11 Å². The van der Waals surface area contributed by atoms with Gasteiger partial charge in [-0.1, -0.05) is 5.16 Å². The number of ether oxygens (including phenoxy) is 1. The Bertz CT molecular complexity index is 398. The van der Waals surface area contributed by atoms with Crippen LogP contribution in [0.25, 0.3) is 0 Å². The van der Waals surface area contributed by atoms with E-state index in [0.717, 1.165) is 35.8 Å². The van der Waals surface area contributed by atoms with Gasteiger partial charge in [-0.15, -0.1) is 0 Å². The molecule has 1 aliphatic carbocycles. The lowest BCUT2D eigenvalue weighted by Gasteiger charge is -2.12. The minimum Gasteiger partial charge on any atom is -0.469 e. The molecule has 1 aliphatic rings. The molecule has 0 radical (unpaired) electrons. The zero-order valence-corrected chi connectivity index (χ0v) is 11.0. The number of carbonyl (C=O) groups excluding carboxylic acids is 1. The third-order valence-corrected chi connectivity index (χ3v) is 4.34. The number of hydrogen-bond donors (Lipinski definition) is 0. The van der Waals surface area contributed by atoms with E-state index in [1.807, 2.05) is 13.0 Å². The van der Waals surface area contributed by atoms with E-state index in [9.17, 15) is 4.79 Å². The minimum atomic E-state index is -0.0985. The molecule has 4 nitrogen and oxygen atoms in total. The maximum Gasteiger partial charge on any atom is 0.306 e. The summed E-state index contributed by atoms with van der Waals surface area (Å²) in [6, 6.07) is 1.95. The predicted molar refractivity (Wildman–Crippen MR) is 65.7 cm³/mol. The van der Waals surface area contributed by atoms with Crippen LogP contribution in [0.4, 0.5) is 0 Å². The average molecular weight is 255 g/mol. The number of carbonyl (C=O) groups is 1. The molecule has 1 aromatic rings. The van der Waals surface area contributed by atoms with Crippen LogP contribution in [-0.4, -0.2) is 24.0 Å².